The maximum atomic E-state index is 12.3. The van der Waals surface area contributed by atoms with Gasteiger partial charge in [-0.1, -0.05) is 41.9 Å². The first kappa shape index (κ1) is 13.9. The topological polar surface area (TPSA) is 56.2 Å². The lowest BCUT2D eigenvalue weighted by molar-refractivity contribution is 0.0949. The second-order valence-electron chi connectivity index (χ2n) is 4.94. The third kappa shape index (κ3) is 2.99. The minimum absolute atomic E-state index is 0.112. The first-order valence-electron chi connectivity index (χ1n) is 6.66. The largest absolute Gasteiger partial charge is 0.453 e. The number of hydrogen-bond acceptors (Lipinski definition) is 3. The summed E-state index contributed by atoms with van der Waals surface area (Å²) in [4.78, 5) is 12.3. The molecule has 3 aromatic rings. The molecule has 1 atom stereocenters. The Balaban J connectivity index is 1.80. The molecule has 0 aliphatic carbocycles. The summed E-state index contributed by atoms with van der Waals surface area (Å²) in [6.07, 6.45) is 0.206. The van der Waals surface area contributed by atoms with Gasteiger partial charge >= 0.3 is 0 Å². The number of nitrogens with two attached hydrogens (primary N) is 1. The SMILES string of the molecule is NC(CC(=O)c1cc2cc(Cl)ccc2o1)c1ccccc1. The van der Waals surface area contributed by atoms with Crippen LogP contribution in [0.1, 0.15) is 28.6 Å². The van der Waals surface area contributed by atoms with Gasteiger partial charge in [0.25, 0.3) is 0 Å². The fourth-order valence-corrected chi connectivity index (χ4v) is 2.45. The van der Waals surface area contributed by atoms with Crippen LogP contribution >= 0.6 is 11.6 Å². The molecule has 21 heavy (non-hydrogen) atoms. The molecule has 0 aliphatic heterocycles. The Morgan fingerprint density at radius 1 is 1.14 bits per heavy atom. The van der Waals surface area contributed by atoms with Gasteiger partial charge in [0.05, 0.1) is 0 Å². The molecule has 0 aliphatic rings. The van der Waals surface area contributed by atoms with E-state index in [1.807, 2.05) is 30.3 Å². The Kier molecular flexibility index (Phi) is 3.78. The third-order valence-electron chi connectivity index (χ3n) is 3.39. The van der Waals surface area contributed by atoms with Gasteiger partial charge in [-0.2, -0.15) is 0 Å². The molecule has 3 nitrogen and oxygen atoms in total. The smallest absolute Gasteiger partial charge is 0.199 e. The second kappa shape index (κ2) is 5.72. The first-order valence-corrected chi connectivity index (χ1v) is 7.04. The summed E-state index contributed by atoms with van der Waals surface area (Å²) in [6, 6.07) is 16.2. The predicted molar refractivity (Wildman–Crippen MR) is 83.5 cm³/mol. The maximum absolute atomic E-state index is 12.3. The second-order valence-corrected chi connectivity index (χ2v) is 5.37. The molecular weight excluding hydrogens is 286 g/mol. The Morgan fingerprint density at radius 2 is 1.90 bits per heavy atom. The number of ketones is 1. The quantitative estimate of drug-likeness (QED) is 0.728. The van der Waals surface area contributed by atoms with Crippen molar-refractivity contribution in [1.29, 1.82) is 0 Å². The van der Waals surface area contributed by atoms with E-state index in [1.165, 1.54) is 0 Å². The number of rotatable bonds is 4. The van der Waals surface area contributed by atoms with Gasteiger partial charge in [0.2, 0.25) is 0 Å². The highest BCUT2D eigenvalue weighted by Crippen LogP contribution is 2.25. The lowest BCUT2D eigenvalue weighted by atomic mass is 10.0. The fourth-order valence-electron chi connectivity index (χ4n) is 2.27. The van der Waals surface area contributed by atoms with Crippen LogP contribution in [0.4, 0.5) is 0 Å². The molecule has 0 spiro atoms. The van der Waals surface area contributed by atoms with Crippen molar-refractivity contribution in [2.24, 2.45) is 5.73 Å². The van der Waals surface area contributed by atoms with Crippen LogP contribution < -0.4 is 5.73 Å². The molecule has 0 fully saturated rings. The molecule has 1 heterocycles. The Labute approximate surface area is 127 Å². The van der Waals surface area contributed by atoms with Gasteiger partial charge in [-0.3, -0.25) is 4.79 Å². The number of furan rings is 1. The van der Waals surface area contributed by atoms with E-state index in [0.29, 0.717) is 16.4 Å². The van der Waals surface area contributed by atoms with Crippen molar-refractivity contribution in [1.82, 2.24) is 0 Å². The first-order chi connectivity index (χ1) is 10.1. The Bertz CT molecular complexity index is 780. The summed E-state index contributed by atoms with van der Waals surface area (Å²) in [5, 5.41) is 1.43. The van der Waals surface area contributed by atoms with E-state index >= 15 is 0 Å². The van der Waals surface area contributed by atoms with E-state index in [-0.39, 0.29) is 18.2 Å². The zero-order valence-electron chi connectivity index (χ0n) is 11.3. The highest BCUT2D eigenvalue weighted by Gasteiger charge is 2.17. The molecule has 0 bridgehead atoms. The highest BCUT2D eigenvalue weighted by molar-refractivity contribution is 6.31. The summed E-state index contributed by atoms with van der Waals surface area (Å²) in [7, 11) is 0. The van der Waals surface area contributed by atoms with E-state index in [4.69, 9.17) is 21.8 Å². The number of carbonyl (C=O) groups is 1. The molecule has 106 valence electrons. The average molecular weight is 300 g/mol. The zero-order valence-corrected chi connectivity index (χ0v) is 12.0. The van der Waals surface area contributed by atoms with Crippen molar-refractivity contribution in [3.05, 3.63) is 70.9 Å². The number of benzene rings is 2. The van der Waals surface area contributed by atoms with Crippen LogP contribution in [0.5, 0.6) is 0 Å². The van der Waals surface area contributed by atoms with Crippen LogP contribution in [0.25, 0.3) is 11.0 Å². The van der Waals surface area contributed by atoms with Gasteiger partial charge in [0, 0.05) is 22.9 Å². The zero-order chi connectivity index (χ0) is 14.8. The van der Waals surface area contributed by atoms with Crippen molar-refractivity contribution < 1.29 is 9.21 Å². The molecule has 1 aromatic heterocycles. The van der Waals surface area contributed by atoms with Crippen LogP contribution in [0.15, 0.2) is 59.0 Å². The number of carbonyl (C=O) groups excluding carboxylic acids is 1. The molecule has 4 heteroatoms. The van der Waals surface area contributed by atoms with E-state index in [9.17, 15) is 4.79 Å². The maximum Gasteiger partial charge on any atom is 0.199 e. The van der Waals surface area contributed by atoms with Gasteiger partial charge in [-0.25, -0.2) is 0 Å². The minimum Gasteiger partial charge on any atom is -0.453 e. The third-order valence-corrected chi connectivity index (χ3v) is 3.62. The molecule has 0 saturated heterocycles. The van der Waals surface area contributed by atoms with Crippen LogP contribution in [-0.4, -0.2) is 5.78 Å². The normalized spacial score (nSPS) is 12.5. The summed E-state index contributed by atoms with van der Waals surface area (Å²) < 4.78 is 5.56. The minimum atomic E-state index is -0.337. The molecule has 1 unspecified atom stereocenters. The lowest BCUT2D eigenvalue weighted by Gasteiger charge is -2.09. The average Bonchev–Trinajstić information content (AvgIpc) is 2.91. The summed E-state index contributed by atoms with van der Waals surface area (Å²) in [6.45, 7) is 0. The molecule has 2 N–H and O–H groups in total. The van der Waals surface area contributed by atoms with Crippen molar-refractivity contribution in [2.75, 3.05) is 0 Å². The summed E-state index contributed by atoms with van der Waals surface area (Å²) >= 11 is 5.93. The number of halogens is 1. The molecule has 0 radical (unpaired) electrons. The molecular formula is C17H14ClNO2. The fraction of sp³-hybridized carbons (Fsp3) is 0.118. The van der Waals surface area contributed by atoms with Crippen LogP contribution in [-0.2, 0) is 0 Å². The van der Waals surface area contributed by atoms with E-state index in [1.54, 1.807) is 24.3 Å². The number of fused-ring (bicyclic) bond motifs is 1. The van der Waals surface area contributed by atoms with Gasteiger partial charge in [0.1, 0.15) is 5.58 Å². The van der Waals surface area contributed by atoms with Gasteiger partial charge < -0.3 is 10.2 Å². The standard InChI is InChI=1S/C17H14ClNO2/c18-13-6-7-16-12(8-13)9-17(21-16)15(20)10-14(19)11-4-2-1-3-5-11/h1-9,14H,10,19H2. The van der Waals surface area contributed by atoms with Crippen molar-refractivity contribution in [2.45, 2.75) is 12.5 Å². The van der Waals surface area contributed by atoms with Crippen LogP contribution in [0.3, 0.4) is 0 Å². The van der Waals surface area contributed by atoms with Gasteiger partial charge in [-0.15, -0.1) is 0 Å². The Hall–Kier alpha value is -2.10. The van der Waals surface area contributed by atoms with Crippen LogP contribution in [0.2, 0.25) is 5.02 Å². The number of hydrogen-bond donors (Lipinski definition) is 1. The summed E-state index contributed by atoms with van der Waals surface area (Å²) in [5.41, 5.74) is 7.65. The van der Waals surface area contributed by atoms with E-state index in [2.05, 4.69) is 0 Å². The molecule has 0 amide bonds. The highest BCUT2D eigenvalue weighted by atomic mass is 35.5. The van der Waals surface area contributed by atoms with E-state index < -0.39 is 0 Å². The van der Waals surface area contributed by atoms with Crippen molar-refractivity contribution in [3.8, 4) is 0 Å². The lowest BCUT2D eigenvalue weighted by Crippen LogP contribution is -2.15. The van der Waals surface area contributed by atoms with Gasteiger partial charge in [0.15, 0.2) is 11.5 Å². The monoisotopic (exact) mass is 299 g/mol. The van der Waals surface area contributed by atoms with E-state index in [0.717, 1.165) is 10.9 Å². The molecule has 0 saturated carbocycles. The number of Topliss-reactive ketones (excluding diaryl/α,β-unsaturated/α-hetero) is 1. The van der Waals surface area contributed by atoms with Crippen LogP contribution in [0, 0.1) is 0 Å². The van der Waals surface area contributed by atoms with Crippen molar-refractivity contribution >= 4 is 28.4 Å². The molecule has 2 aromatic carbocycles. The molecule has 3 rings (SSSR count). The Morgan fingerprint density at radius 3 is 2.67 bits per heavy atom. The van der Waals surface area contributed by atoms with Crippen molar-refractivity contribution in [3.63, 3.8) is 0 Å². The predicted octanol–water partition coefficient (Wildman–Crippen LogP) is 4.36. The summed E-state index contributed by atoms with van der Waals surface area (Å²) in [5.74, 6) is 0.206. The van der Waals surface area contributed by atoms with Gasteiger partial charge in [-0.05, 0) is 29.8 Å².